The standard InChI is InChI=1S/C24H32FN5O/c1-27-24(28-16-20(23(26)31)15-18-9-11-21(25)12-10-18)29-17-22(30-13-5-6-14-30)19-7-3-2-4-8-19/h2-4,7-12,20,22H,5-6,13-17H2,1H3,(H2,26,31)(H2,27,28,29). The Hall–Kier alpha value is -2.93. The van der Waals surface area contributed by atoms with E-state index < -0.39 is 11.8 Å². The Morgan fingerprint density at radius 2 is 1.71 bits per heavy atom. The fourth-order valence-electron chi connectivity index (χ4n) is 4.00. The van der Waals surface area contributed by atoms with Crippen LogP contribution in [-0.2, 0) is 11.2 Å². The van der Waals surface area contributed by atoms with E-state index in [9.17, 15) is 9.18 Å². The molecule has 0 aliphatic carbocycles. The van der Waals surface area contributed by atoms with Crippen LogP contribution in [0.25, 0.3) is 0 Å². The molecular formula is C24H32FN5O. The second kappa shape index (κ2) is 11.5. The molecule has 0 saturated carbocycles. The number of amides is 1. The van der Waals surface area contributed by atoms with Crippen molar-refractivity contribution in [1.82, 2.24) is 15.5 Å². The minimum Gasteiger partial charge on any atom is -0.369 e. The zero-order chi connectivity index (χ0) is 22.1. The minimum absolute atomic E-state index is 0.258. The summed E-state index contributed by atoms with van der Waals surface area (Å²) in [6.45, 7) is 3.25. The Kier molecular flexibility index (Phi) is 8.41. The van der Waals surface area contributed by atoms with Gasteiger partial charge >= 0.3 is 0 Å². The molecule has 0 aromatic heterocycles. The summed E-state index contributed by atoms with van der Waals surface area (Å²) in [5, 5.41) is 6.63. The molecule has 166 valence electrons. The number of aliphatic imine (C=N–C) groups is 1. The molecule has 7 heteroatoms. The summed E-state index contributed by atoms with van der Waals surface area (Å²) in [6.07, 6.45) is 2.89. The van der Waals surface area contributed by atoms with E-state index >= 15 is 0 Å². The van der Waals surface area contributed by atoms with Crippen LogP contribution in [0.5, 0.6) is 0 Å². The zero-order valence-electron chi connectivity index (χ0n) is 18.1. The van der Waals surface area contributed by atoms with Gasteiger partial charge in [0.25, 0.3) is 0 Å². The van der Waals surface area contributed by atoms with Crippen molar-refractivity contribution in [1.29, 1.82) is 0 Å². The van der Waals surface area contributed by atoms with E-state index in [2.05, 4.69) is 44.8 Å². The van der Waals surface area contributed by atoms with E-state index in [1.807, 2.05) is 6.07 Å². The summed E-state index contributed by atoms with van der Waals surface area (Å²) in [5.74, 6) is -0.488. The van der Waals surface area contributed by atoms with Gasteiger partial charge in [-0.25, -0.2) is 4.39 Å². The van der Waals surface area contributed by atoms with Crippen molar-refractivity contribution >= 4 is 11.9 Å². The van der Waals surface area contributed by atoms with E-state index in [4.69, 9.17) is 5.73 Å². The van der Waals surface area contributed by atoms with Gasteiger partial charge in [-0.15, -0.1) is 0 Å². The summed E-state index contributed by atoms with van der Waals surface area (Å²) >= 11 is 0. The number of carbonyl (C=O) groups is 1. The number of hydrogen-bond donors (Lipinski definition) is 3. The number of hydrogen-bond acceptors (Lipinski definition) is 3. The van der Waals surface area contributed by atoms with Gasteiger partial charge in [-0.1, -0.05) is 42.5 Å². The average Bonchev–Trinajstić information content (AvgIpc) is 3.31. The first-order valence-corrected chi connectivity index (χ1v) is 10.8. The summed E-state index contributed by atoms with van der Waals surface area (Å²) in [6, 6.07) is 16.9. The molecule has 1 amide bonds. The van der Waals surface area contributed by atoms with E-state index in [0.717, 1.165) is 18.7 Å². The quantitative estimate of drug-likeness (QED) is 0.426. The third kappa shape index (κ3) is 6.79. The third-order valence-electron chi connectivity index (χ3n) is 5.77. The third-order valence-corrected chi connectivity index (χ3v) is 5.77. The van der Waals surface area contributed by atoms with Gasteiger partial charge in [0.05, 0.1) is 12.0 Å². The molecule has 1 saturated heterocycles. The number of likely N-dealkylation sites (tertiary alicyclic amines) is 1. The van der Waals surface area contributed by atoms with Gasteiger partial charge in [0.1, 0.15) is 5.82 Å². The van der Waals surface area contributed by atoms with Crippen LogP contribution in [0.3, 0.4) is 0 Å². The maximum absolute atomic E-state index is 13.1. The molecule has 31 heavy (non-hydrogen) atoms. The predicted octanol–water partition coefficient (Wildman–Crippen LogP) is 2.47. The largest absolute Gasteiger partial charge is 0.369 e. The Morgan fingerprint density at radius 3 is 2.32 bits per heavy atom. The number of guanidine groups is 1. The first kappa shape index (κ1) is 22.7. The van der Waals surface area contributed by atoms with Gasteiger partial charge in [-0.3, -0.25) is 14.7 Å². The molecule has 1 aliphatic rings. The predicted molar refractivity (Wildman–Crippen MR) is 122 cm³/mol. The van der Waals surface area contributed by atoms with Crippen molar-refractivity contribution in [2.24, 2.45) is 16.6 Å². The summed E-state index contributed by atoms with van der Waals surface area (Å²) in [5.41, 5.74) is 7.75. The summed E-state index contributed by atoms with van der Waals surface area (Å²) in [4.78, 5) is 18.7. The maximum Gasteiger partial charge on any atom is 0.222 e. The van der Waals surface area contributed by atoms with Crippen molar-refractivity contribution in [3.63, 3.8) is 0 Å². The summed E-state index contributed by atoms with van der Waals surface area (Å²) < 4.78 is 13.1. The molecule has 1 fully saturated rings. The van der Waals surface area contributed by atoms with Crippen LogP contribution in [0, 0.1) is 11.7 Å². The van der Waals surface area contributed by atoms with Gasteiger partial charge in [0.2, 0.25) is 5.91 Å². The van der Waals surface area contributed by atoms with Gasteiger partial charge in [-0.05, 0) is 55.6 Å². The Morgan fingerprint density at radius 1 is 1.06 bits per heavy atom. The van der Waals surface area contributed by atoms with Gasteiger partial charge < -0.3 is 16.4 Å². The number of nitrogens with two attached hydrogens (primary N) is 1. The molecule has 3 rings (SSSR count). The lowest BCUT2D eigenvalue weighted by molar-refractivity contribution is -0.121. The van der Waals surface area contributed by atoms with E-state index in [1.165, 1.54) is 30.5 Å². The monoisotopic (exact) mass is 425 g/mol. The SMILES string of the molecule is CN=C(NCC(Cc1ccc(F)cc1)C(N)=O)NCC(c1ccccc1)N1CCCC1. The molecule has 1 aliphatic heterocycles. The molecule has 0 spiro atoms. The van der Waals surface area contributed by atoms with Crippen LogP contribution in [0.15, 0.2) is 59.6 Å². The highest BCUT2D eigenvalue weighted by Crippen LogP contribution is 2.24. The first-order chi connectivity index (χ1) is 15.1. The average molecular weight is 426 g/mol. The molecule has 0 bridgehead atoms. The Balaban J connectivity index is 1.57. The lowest BCUT2D eigenvalue weighted by Crippen LogP contribution is -2.45. The van der Waals surface area contributed by atoms with Crippen LogP contribution in [0.1, 0.15) is 30.0 Å². The van der Waals surface area contributed by atoms with Crippen molar-refractivity contribution in [3.05, 3.63) is 71.5 Å². The number of nitrogens with zero attached hydrogens (tertiary/aromatic N) is 2. The molecular weight excluding hydrogens is 393 g/mol. The Bertz CT molecular complexity index is 850. The Labute approximate surface area is 183 Å². The number of rotatable bonds is 9. The van der Waals surface area contributed by atoms with E-state index in [1.54, 1.807) is 19.2 Å². The second-order valence-corrected chi connectivity index (χ2v) is 7.93. The molecule has 2 aromatic carbocycles. The van der Waals surface area contributed by atoms with Gasteiger partial charge in [0, 0.05) is 20.1 Å². The smallest absolute Gasteiger partial charge is 0.222 e. The molecule has 0 radical (unpaired) electrons. The number of halogens is 1. The van der Waals surface area contributed by atoms with Gasteiger partial charge in [0.15, 0.2) is 5.96 Å². The number of primary amides is 1. The van der Waals surface area contributed by atoms with Crippen molar-refractivity contribution in [2.75, 3.05) is 33.2 Å². The highest BCUT2D eigenvalue weighted by atomic mass is 19.1. The topological polar surface area (TPSA) is 82.7 Å². The van der Waals surface area contributed by atoms with Crippen molar-refractivity contribution < 1.29 is 9.18 Å². The molecule has 6 nitrogen and oxygen atoms in total. The van der Waals surface area contributed by atoms with Crippen LogP contribution in [0.4, 0.5) is 4.39 Å². The number of nitrogens with one attached hydrogen (secondary N) is 2. The van der Waals surface area contributed by atoms with Gasteiger partial charge in [-0.2, -0.15) is 0 Å². The second-order valence-electron chi connectivity index (χ2n) is 7.93. The number of carbonyl (C=O) groups excluding carboxylic acids is 1. The van der Waals surface area contributed by atoms with Crippen molar-refractivity contribution in [3.8, 4) is 0 Å². The van der Waals surface area contributed by atoms with E-state index in [-0.39, 0.29) is 11.9 Å². The summed E-state index contributed by atoms with van der Waals surface area (Å²) in [7, 11) is 1.71. The highest BCUT2D eigenvalue weighted by molar-refractivity contribution is 5.81. The normalized spacial score (nSPS) is 16.6. The lowest BCUT2D eigenvalue weighted by Gasteiger charge is -2.29. The minimum atomic E-state index is -0.424. The van der Waals surface area contributed by atoms with E-state index in [0.29, 0.717) is 25.5 Å². The van der Waals surface area contributed by atoms with Crippen LogP contribution in [0.2, 0.25) is 0 Å². The fourth-order valence-corrected chi connectivity index (χ4v) is 4.00. The van der Waals surface area contributed by atoms with Crippen molar-refractivity contribution in [2.45, 2.75) is 25.3 Å². The lowest BCUT2D eigenvalue weighted by atomic mass is 9.98. The van der Waals surface area contributed by atoms with Crippen LogP contribution >= 0.6 is 0 Å². The molecule has 4 N–H and O–H groups in total. The van der Waals surface area contributed by atoms with Crippen LogP contribution in [-0.4, -0.2) is 50.0 Å². The molecule has 1 heterocycles. The fraction of sp³-hybridized carbons (Fsp3) is 0.417. The first-order valence-electron chi connectivity index (χ1n) is 10.8. The zero-order valence-corrected chi connectivity index (χ0v) is 18.1. The maximum atomic E-state index is 13.1. The molecule has 2 aromatic rings. The molecule has 2 atom stereocenters. The number of benzene rings is 2. The highest BCUT2D eigenvalue weighted by Gasteiger charge is 2.24. The van der Waals surface area contributed by atoms with Crippen LogP contribution < -0.4 is 16.4 Å². The molecule has 2 unspecified atom stereocenters.